The SMILES string of the molecule is O=C(NCCNC(=O)C(Cl)Cl)c1nc2ccccc2s1. The van der Waals surface area contributed by atoms with Crippen LogP contribution in [0.15, 0.2) is 24.3 Å². The standard InChI is InChI=1S/C12H11Cl2N3O2S/c13-9(14)10(18)15-5-6-16-11(19)12-17-7-3-1-2-4-8(7)20-12/h1-4,9H,5-6H2,(H,15,18)(H,16,19). The lowest BCUT2D eigenvalue weighted by Crippen LogP contribution is -2.36. The van der Waals surface area contributed by atoms with E-state index in [4.69, 9.17) is 23.2 Å². The van der Waals surface area contributed by atoms with Crippen molar-refractivity contribution in [2.24, 2.45) is 0 Å². The Morgan fingerprint density at radius 3 is 2.60 bits per heavy atom. The van der Waals surface area contributed by atoms with E-state index in [2.05, 4.69) is 15.6 Å². The van der Waals surface area contributed by atoms with Gasteiger partial charge in [0, 0.05) is 13.1 Å². The Morgan fingerprint density at radius 1 is 1.20 bits per heavy atom. The average Bonchev–Trinajstić information content (AvgIpc) is 2.86. The summed E-state index contributed by atoms with van der Waals surface area (Å²) < 4.78 is 0.957. The van der Waals surface area contributed by atoms with Crippen LogP contribution in [0.1, 0.15) is 9.80 Å². The summed E-state index contributed by atoms with van der Waals surface area (Å²) >= 11 is 12.1. The van der Waals surface area contributed by atoms with Gasteiger partial charge in [-0.15, -0.1) is 11.3 Å². The molecule has 5 nitrogen and oxygen atoms in total. The van der Waals surface area contributed by atoms with E-state index in [0.29, 0.717) is 5.01 Å². The number of carbonyl (C=O) groups excluding carboxylic acids is 2. The van der Waals surface area contributed by atoms with Crippen molar-refractivity contribution in [3.8, 4) is 0 Å². The quantitative estimate of drug-likeness (QED) is 0.649. The van der Waals surface area contributed by atoms with Gasteiger partial charge in [0.1, 0.15) is 0 Å². The number of rotatable bonds is 5. The van der Waals surface area contributed by atoms with Crippen molar-refractivity contribution < 1.29 is 9.59 Å². The maximum Gasteiger partial charge on any atom is 0.280 e. The highest BCUT2D eigenvalue weighted by molar-refractivity contribution is 7.20. The minimum atomic E-state index is -1.10. The molecule has 106 valence electrons. The smallest absolute Gasteiger partial charge is 0.280 e. The first-order chi connectivity index (χ1) is 9.58. The fourth-order valence-corrected chi connectivity index (χ4v) is 2.52. The molecule has 2 N–H and O–H groups in total. The Kier molecular flexibility index (Phi) is 5.17. The second-order valence-corrected chi connectivity index (χ2v) is 5.96. The van der Waals surface area contributed by atoms with E-state index in [0.717, 1.165) is 10.2 Å². The van der Waals surface area contributed by atoms with Crippen LogP contribution in [0.2, 0.25) is 0 Å². The van der Waals surface area contributed by atoms with Crippen LogP contribution in [0.3, 0.4) is 0 Å². The Balaban J connectivity index is 1.84. The molecule has 1 heterocycles. The fourth-order valence-electron chi connectivity index (χ4n) is 1.48. The zero-order chi connectivity index (χ0) is 14.5. The molecule has 0 aliphatic rings. The van der Waals surface area contributed by atoms with Crippen molar-refractivity contribution in [3.63, 3.8) is 0 Å². The molecule has 1 aromatic carbocycles. The Bertz CT molecular complexity index is 597. The number of benzene rings is 1. The van der Waals surface area contributed by atoms with E-state index in [1.165, 1.54) is 11.3 Å². The number of thiazole rings is 1. The van der Waals surface area contributed by atoms with Crippen molar-refractivity contribution >= 4 is 56.6 Å². The summed E-state index contributed by atoms with van der Waals surface area (Å²) in [7, 11) is 0. The monoisotopic (exact) mass is 331 g/mol. The number of hydrogen-bond donors (Lipinski definition) is 2. The zero-order valence-electron chi connectivity index (χ0n) is 10.2. The molecule has 2 rings (SSSR count). The predicted molar refractivity (Wildman–Crippen MR) is 80.5 cm³/mol. The molecule has 0 aliphatic heterocycles. The normalized spacial score (nSPS) is 10.8. The maximum atomic E-state index is 11.9. The molecule has 0 saturated heterocycles. The number of hydrogen-bond acceptors (Lipinski definition) is 4. The number of nitrogens with one attached hydrogen (secondary N) is 2. The number of amides is 2. The number of nitrogens with zero attached hydrogens (tertiary/aromatic N) is 1. The summed E-state index contributed by atoms with van der Waals surface area (Å²) in [6, 6.07) is 7.52. The second-order valence-electron chi connectivity index (χ2n) is 3.83. The van der Waals surface area contributed by atoms with Crippen LogP contribution in [0, 0.1) is 0 Å². The van der Waals surface area contributed by atoms with Gasteiger partial charge in [0.2, 0.25) is 0 Å². The number of para-hydroxylation sites is 1. The molecule has 0 bridgehead atoms. The molecule has 0 saturated carbocycles. The van der Waals surface area contributed by atoms with Crippen LogP contribution in [-0.2, 0) is 4.79 Å². The number of alkyl halides is 2. The van der Waals surface area contributed by atoms with E-state index < -0.39 is 10.7 Å². The molecule has 0 atom stereocenters. The van der Waals surface area contributed by atoms with Crippen LogP contribution in [0.5, 0.6) is 0 Å². The van der Waals surface area contributed by atoms with Crippen LogP contribution in [-0.4, -0.2) is 34.7 Å². The van der Waals surface area contributed by atoms with Gasteiger partial charge in [-0.2, -0.15) is 0 Å². The molecule has 2 aromatic rings. The average molecular weight is 332 g/mol. The van der Waals surface area contributed by atoms with Gasteiger partial charge in [0.05, 0.1) is 10.2 Å². The highest BCUT2D eigenvalue weighted by atomic mass is 35.5. The number of aromatic nitrogens is 1. The van der Waals surface area contributed by atoms with Crippen molar-refractivity contribution in [2.45, 2.75) is 4.84 Å². The molecule has 2 amide bonds. The third-order valence-electron chi connectivity index (χ3n) is 2.40. The lowest BCUT2D eigenvalue weighted by atomic mass is 10.3. The Labute approximate surface area is 129 Å². The molecule has 0 aliphatic carbocycles. The van der Waals surface area contributed by atoms with Gasteiger partial charge in [-0.3, -0.25) is 9.59 Å². The van der Waals surface area contributed by atoms with Crippen molar-refractivity contribution in [1.82, 2.24) is 15.6 Å². The van der Waals surface area contributed by atoms with Gasteiger partial charge in [-0.05, 0) is 12.1 Å². The van der Waals surface area contributed by atoms with Crippen LogP contribution in [0.4, 0.5) is 0 Å². The summed E-state index contributed by atoms with van der Waals surface area (Å²) in [5.41, 5.74) is 0.795. The minimum absolute atomic E-state index is 0.255. The summed E-state index contributed by atoms with van der Waals surface area (Å²) in [5.74, 6) is -0.753. The third-order valence-corrected chi connectivity index (χ3v) is 3.83. The number of fused-ring (bicyclic) bond motifs is 1. The van der Waals surface area contributed by atoms with Gasteiger partial charge in [-0.1, -0.05) is 35.3 Å². The molecule has 0 unspecified atom stereocenters. The van der Waals surface area contributed by atoms with Crippen molar-refractivity contribution in [1.29, 1.82) is 0 Å². The van der Waals surface area contributed by atoms with E-state index in [1.807, 2.05) is 24.3 Å². The highest BCUT2D eigenvalue weighted by Crippen LogP contribution is 2.21. The van der Waals surface area contributed by atoms with Crippen molar-refractivity contribution in [2.75, 3.05) is 13.1 Å². The molecule has 8 heteroatoms. The topological polar surface area (TPSA) is 71.1 Å². The molecule has 20 heavy (non-hydrogen) atoms. The Morgan fingerprint density at radius 2 is 1.90 bits per heavy atom. The molecule has 1 aromatic heterocycles. The molecule has 0 radical (unpaired) electrons. The van der Waals surface area contributed by atoms with E-state index >= 15 is 0 Å². The lowest BCUT2D eigenvalue weighted by Gasteiger charge is -2.05. The van der Waals surface area contributed by atoms with Gasteiger partial charge >= 0.3 is 0 Å². The van der Waals surface area contributed by atoms with E-state index in [-0.39, 0.29) is 19.0 Å². The summed E-state index contributed by atoms with van der Waals surface area (Å²) in [5, 5.41) is 5.54. The minimum Gasteiger partial charge on any atom is -0.352 e. The fraction of sp³-hybridized carbons (Fsp3) is 0.250. The largest absolute Gasteiger partial charge is 0.352 e. The first-order valence-corrected chi connectivity index (χ1v) is 7.46. The van der Waals surface area contributed by atoms with Gasteiger partial charge in [-0.25, -0.2) is 4.98 Å². The maximum absolute atomic E-state index is 11.9. The number of carbonyl (C=O) groups is 2. The second kappa shape index (κ2) is 6.88. The zero-order valence-corrected chi connectivity index (χ0v) is 12.6. The molecule has 0 spiro atoms. The molecule has 0 fully saturated rings. The van der Waals surface area contributed by atoms with Crippen molar-refractivity contribution in [3.05, 3.63) is 29.3 Å². The highest BCUT2D eigenvalue weighted by Gasteiger charge is 2.12. The van der Waals surface area contributed by atoms with Crippen LogP contribution >= 0.6 is 34.5 Å². The first-order valence-electron chi connectivity index (χ1n) is 5.77. The van der Waals surface area contributed by atoms with Gasteiger partial charge < -0.3 is 10.6 Å². The van der Waals surface area contributed by atoms with Crippen LogP contribution < -0.4 is 10.6 Å². The molecular weight excluding hydrogens is 321 g/mol. The van der Waals surface area contributed by atoms with E-state index in [9.17, 15) is 9.59 Å². The third kappa shape index (κ3) is 3.82. The number of halogens is 2. The molecular formula is C12H11Cl2N3O2S. The van der Waals surface area contributed by atoms with Crippen LogP contribution in [0.25, 0.3) is 10.2 Å². The Hall–Kier alpha value is -1.37. The lowest BCUT2D eigenvalue weighted by molar-refractivity contribution is -0.119. The summed E-state index contributed by atoms with van der Waals surface area (Å²) in [4.78, 5) is 26.1. The van der Waals surface area contributed by atoms with Gasteiger partial charge in [0.15, 0.2) is 9.84 Å². The summed E-state index contributed by atoms with van der Waals surface area (Å²) in [6.07, 6.45) is 0. The first kappa shape index (κ1) is 15.0. The van der Waals surface area contributed by atoms with E-state index in [1.54, 1.807) is 0 Å². The van der Waals surface area contributed by atoms with Gasteiger partial charge in [0.25, 0.3) is 11.8 Å². The predicted octanol–water partition coefficient (Wildman–Crippen LogP) is 1.95. The summed E-state index contributed by atoms with van der Waals surface area (Å²) in [6.45, 7) is 0.534.